The molecule has 0 bridgehead atoms. The first-order valence-corrected chi connectivity index (χ1v) is 6.00. The maximum absolute atomic E-state index is 12.0. The zero-order valence-electron chi connectivity index (χ0n) is 11.1. The summed E-state index contributed by atoms with van der Waals surface area (Å²) in [4.78, 5) is 26.3. The van der Waals surface area contributed by atoms with Crippen LogP contribution in [0, 0.1) is 11.8 Å². The Morgan fingerprint density at radius 1 is 1.29 bits per heavy atom. The molecule has 2 atom stereocenters. The summed E-state index contributed by atoms with van der Waals surface area (Å²) in [5.74, 6) is 1.06. The summed E-state index contributed by atoms with van der Waals surface area (Å²) in [5, 5.41) is 0. The monoisotopic (exact) mass is 242 g/mol. The molecule has 17 heavy (non-hydrogen) atoms. The molecule has 0 aromatic rings. The van der Waals surface area contributed by atoms with Crippen LogP contribution in [0.25, 0.3) is 0 Å². The molecule has 1 fully saturated rings. The molecular weight excluding hydrogens is 220 g/mol. The minimum atomic E-state index is -0.476. The topological polar surface area (TPSA) is 49.9 Å². The first kappa shape index (κ1) is 13.8. The Bertz CT molecular complexity index is 283. The van der Waals surface area contributed by atoms with Gasteiger partial charge in [0.15, 0.2) is 0 Å². The lowest BCUT2D eigenvalue weighted by molar-refractivity contribution is -0.134. The van der Waals surface area contributed by atoms with E-state index in [4.69, 9.17) is 0 Å². The van der Waals surface area contributed by atoms with Crippen molar-refractivity contribution in [1.29, 1.82) is 0 Å². The van der Waals surface area contributed by atoms with Gasteiger partial charge in [0.2, 0.25) is 5.91 Å². The van der Waals surface area contributed by atoms with Gasteiger partial charge in [0.25, 0.3) is 0 Å². The van der Waals surface area contributed by atoms with Gasteiger partial charge in [-0.25, -0.2) is 4.79 Å². The molecule has 0 unspecified atom stereocenters. The number of hydrogen-bond acceptors (Lipinski definition) is 3. The highest BCUT2D eigenvalue weighted by molar-refractivity contribution is 5.82. The molecule has 2 amide bonds. The van der Waals surface area contributed by atoms with Crippen molar-refractivity contribution in [1.82, 2.24) is 9.80 Å². The van der Waals surface area contributed by atoms with Crippen LogP contribution in [-0.4, -0.2) is 55.6 Å². The third-order valence-corrected chi connectivity index (χ3v) is 3.08. The summed E-state index contributed by atoms with van der Waals surface area (Å²) in [6, 6.07) is 0. The van der Waals surface area contributed by atoms with Crippen molar-refractivity contribution in [2.24, 2.45) is 11.8 Å². The van der Waals surface area contributed by atoms with E-state index in [1.807, 2.05) is 4.90 Å². The first-order chi connectivity index (χ1) is 7.93. The fourth-order valence-corrected chi connectivity index (χ4v) is 2.39. The molecule has 0 aromatic carbocycles. The van der Waals surface area contributed by atoms with Gasteiger partial charge in [-0.1, -0.05) is 13.8 Å². The number of carbonyl (C=O) groups excluding carboxylic acids is 2. The Labute approximate surface area is 103 Å². The molecule has 0 saturated carbocycles. The maximum Gasteiger partial charge on any atom is 0.409 e. The van der Waals surface area contributed by atoms with Crippen LogP contribution in [0.15, 0.2) is 0 Å². The summed E-state index contributed by atoms with van der Waals surface area (Å²) in [6.45, 7) is 5.97. The molecule has 5 heteroatoms. The SMILES string of the molecule is COC(=O)N(C)CC(=O)N1C[C@@H](C)C[C@H](C)C1. The molecule has 0 aromatic heterocycles. The normalized spacial score (nSPS) is 24.4. The van der Waals surface area contributed by atoms with Gasteiger partial charge in [-0.05, 0) is 18.3 Å². The van der Waals surface area contributed by atoms with Crippen LogP contribution in [-0.2, 0) is 9.53 Å². The molecule has 0 spiro atoms. The van der Waals surface area contributed by atoms with Gasteiger partial charge in [0.1, 0.15) is 6.54 Å². The Balaban J connectivity index is 2.49. The predicted octanol–water partition coefficient (Wildman–Crippen LogP) is 1.19. The molecule has 1 rings (SSSR count). The van der Waals surface area contributed by atoms with Crippen LogP contribution in [0.3, 0.4) is 0 Å². The number of likely N-dealkylation sites (N-methyl/N-ethyl adjacent to an activating group) is 1. The van der Waals surface area contributed by atoms with Crippen LogP contribution in [0.5, 0.6) is 0 Å². The number of ether oxygens (including phenoxy) is 1. The largest absolute Gasteiger partial charge is 0.453 e. The number of likely N-dealkylation sites (tertiary alicyclic amines) is 1. The molecule has 1 aliphatic rings. The first-order valence-electron chi connectivity index (χ1n) is 6.00. The predicted molar refractivity (Wildman–Crippen MR) is 64.6 cm³/mol. The molecule has 0 N–H and O–H groups in total. The molecule has 0 aliphatic carbocycles. The van der Waals surface area contributed by atoms with Gasteiger partial charge >= 0.3 is 6.09 Å². The van der Waals surface area contributed by atoms with Crippen molar-refractivity contribution in [3.8, 4) is 0 Å². The van der Waals surface area contributed by atoms with E-state index >= 15 is 0 Å². The number of hydrogen-bond donors (Lipinski definition) is 0. The zero-order chi connectivity index (χ0) is 13.0. The molecule has 0 radical (unpaired) electrons. The third-order valence-electron chi connectivity index (χ3n) is 3.08. The van der Waals surface area contributed by atoms with E-state index in [1.54, 1.807) is 7.05 Å². The van der Waals surface area contributed by atoms with Crippen LogP contribution >= 0.6 is 0 Å². The zero-order valence-corrected chi connectivity index (χ0v) is 11.1. The Hall–Kier alpha value is -1.26. The van der Waals surface area contributed by atoms with Crippen molar-refractivity contribution in [3.05, 3.63) is 0 Å². The molecule has 5 nitrogen and oxygen atoms in total. The number of rotatable bonds is 2. The summed E-state index contributed by atoms with van der Waals surface area (Å²) in [6.07, 6.45) is 0.688. The van der Waals surface area contributed by atoms with E-state index in [1.165, 1.54) is 12.0 Å². The molecule has 98 valence electrons. The summed E-state index contributed by atoms with van der Waals surface area (Å²) in [7, 11) is 2.88. The Kier molecular flexibility index (Phi) is 4.78. The Morgan fingerprint density at radius 3 is 2.29 bits per heavy atom. The second kappa shape index (κ2) is 5.89. The highest BCUT2D eigenvalue weighted by Crippen LogP contribution is 2.20. The number of methoxy groups -OCH3 is 1. The quantitative estimate of drug-likeness (QED) is 0.731. The minimum absolute atomic E-state index is 0.00343. The molecular formula is C12H22N2O3. The smallest absolute Gasteiger partial charge is 0.409 e. The van der Waals surface area contributed by atoms with Crippen LogP contribution in [0.4, 0.5) is 4.79 Å². The van der Waals surface area contributed by atoms with Crippen LogP contribution in [0.2, 0.25) is 0 Å². The minimum Gasteiger partial charge on any atom is -0.453 e. The second-order valence-corrected chi connectivity index (χ2v) is 5.07. The molecule has 1 heterocycles. The van der Waals surface area contributed by atoms with Gasteiger partial charge in [-0.3, -0.25) is 4.79 Å². The number of carbonyl (C=O) groups is 2. The highest BCUT2D eigenvalue weighted by atomic mass is 16.5. The number of amides is 2. The van der Waals surface area contributed by atoms with Gasteiger partial charge in [-0.15, -0.1) is 0 Å². The summed E-state index contributed by atoms with van der Waals surface area (Å²) in [5.41, 5.74) is 0. The highest BCUT2D eigenvalue weighted by Gasteiger charge is 2.26. The van der Waals surface area contributed by atoms with Gasteiger partial charge in [-0.2, -0.15) is 0 Å². The van der Waals surface area contributed by atoms with Crippen molar-refractivity contribution in [2.75, 3.05) is 33.8 Å². The lowest BCUT2D eigenvalue weighted by atomic mass is 9.92. The van der Waals surface area contributed by atoms with Crippen LogP contribution < -0.4 is 0 Å². The van der Waals surface area contributed by atoms with Gasteiger partial charge in [0.05, 0.1) is 7.11 Å². The number of piperidine rings is 1. The van der Waals surface area contributed by atoms with Crippen molar-refractivity contribution >= 4 is 12.0 Å². The van der Waals surface area contributed by atoms with E-state index in [0.717, 1.165) is 19.5 Å². The lowest BCUT2D eigenvalue weighted by Gasteiger charge is -2.35. The van der Waals surface area contributed by atoms with E-state index in [2.05, 4.69) is 18.6 Å². The Morgan fingerprint density at radius 2 is 1.82 bits per heavy atom. The maximum atomic E-state index is 12.0. The second-order valence-electron chi connectivity index (χ2n) is 5.07. The van der Waals surface area contributed by atoms with E-state index in [0.29, 0.717) is 11.8 Å². The standard InChI is InChI=1S/C12H22N2O3/c1-9-5-10(2)7-14(6-9)11(15)8-13(3)12(16)17-4/h9-10H,5-8H2,1-4H3/t9-,10-/m0/s1. The van der Waals surface area contributed by atoms with E-state index in [-0.39, 0.29) is 12.5 Å². The van der Waals surface area contributed by atoms with E-state index < -0.39 is 6.09 Å². The average Bonchev–Trinajstić information content (AvgIpc) is 2.26. The van der Waals surface area contributed by atoms with Gasteiger partial charge < -0.3 is 14.5 Å². The van der Waals surface area contributed by atoms with Crippen LogP contribution in [0.1, 0.15) is 20.3 Å². The van der Waals surface area contributed by atoms with Crippen molar-refractivity contribution in [2.45, 2.75) is 20.3 Å². The summed E-state index contributed by atoms with van der Waals surface area (Å²) >= 11 is 0. The van der Waals surface area contributed by atoms with Crippen molar-refractivity contribution in [3.63, 3.8) is 0 Å². The molecule has 1 aliphatic heterocycles. The fraction of sp³-hybridized carbons (Fsp3) is 0.833. The summed E-state index contributed by atoms with van der Waals surface area (Å²) < 4.78 is 4.56. The van der Waals surface area contributed by atoms with Gasteiger partial charge in [0, 0.05) is 20.1 Å². The average molecular weight is 242 g/mol. The fourth-order valence-electron chi connectivity index (χ4n) is 2.39. The van der Waals surface area contributed by atoms with E-state index in [9.17, 15) is 9.59 Å². The van der Waals surface area contributed by atoms with Crippen molar-refractivity contribution < 1.29 is 14.3 Å². The molecule has 1 saturated heterocycles. The number of nitrogens with zero attached hydrogens (tertiary/aromatic N) is 2. The lowest BCUT2D eigenvalue weighted by Crippen LogP contribution is -2.47. The third kappa shape index (κ3) is 3.91.